The average molecular weight is 583 g/mol. The van der Waals surface area contributed by atoms with Gasteiger partial charge in [-0.05, 0) is 91.2 Å². The Labute approximate surface area is 253 Å². The van der Waals surface area contributed by atoms with Crippen LogP contribution in [0.15, 0.2) is 84.9 Å². The Morgan fingerprint density at radius 1 is 0.791 bits per heavy atom. The van der Waals surface area contributed by atoms with Crippen LogP contribution in [0.5, 0.6) is 23.0 Å². The molecule has 1 amide bonds. The summed E-state index contributed by atoms with van der Waals surface area (Å²) in [6.07, 6.45) is 2.12. The van der Waals surface area contributed by atoms with Gasteiger partial charge in [-0.1, -0.05) is 30.3 Å². The number of nitrogens with one attached hydrogen (secondary N) is 1. The number of nitrogens with zero attached hydrogens (tertiary/aromatic N) is 1. The molecular weight excluding hydrogens is 544 g/mol. The van der Waals surface area contributed by atoms with Crippen LogP contribution in [0.2, 0.25) is 0 Å². The third kappa shape index (κ3) is 7.46. The SMILES string of the molecule is COCOc1cc(-c2ccc(NC(=O)c3ccc(OC)c(-c4cccc(OC)c4)c3)cc2)ccc1OC1CCN(C)CC1. The van der Waals surface area contributed by atoms with Gasteiger partial charge in [0.05, 0.1) is 14.2 Å². The molecule has 8 heteroatoms. The predicted molar refractivity (Wildman–Crippen MR) is 168 cm³/mol. The Balaban J connectivity index is 1.30. The maximum Gasteiger partial charge on any atom is 0.255 e. The molecule has 4 aromatic rings. The van der Waals surface area contributed by atoms with Gasteiger partial charge in [0, 0.05) is 37.0 Å². The van der Waals surface area contributed by atoms with Crippen LogP contribution < -0.4 is 24.3 Å². The molecule has 0 spiro atoms. The highest BCUT2D eigenvalue weighted by molar-refractivity contribution is 6.05. The van der Waals surface area contributed by atoms with Gasteiger partial charge in [0.1, 0.15) is 17.6 Å². The van der Waals surface area contributed by atoms with E-state index in [0.29, 0.717) is 28.5 Å². The fraction of sp³-hybridized carbons (Fsp3) is 0.286. The molecule has 8 nitrogen and oxygen atoms in total. The molecule has 4 aromatic carbocycles. The number of methoxy groups -OCH3 is 3. The first-order valence-corrected chi connectivity index (χ1v) is 14.3. The molecule has 0 unspecified atom stereocenters. The Hall–Kier alpha value is -4.53. The van der Waals surface area contributed by atoms with Crippen LogP contribution in [0.3, 0.4) is 0 Å². The Kier molecular flexibility index (Phi) is 9.81. The lowest BCUT2D eigenvalue weighted by atomic mass is 10.0. The molecule has 0 aromatic heterocycles. The molecule has 1 aliphatic rings. The van der Waals surface area contributed by atoms with Crippen molar-refractivity contribution >= 4 is 11.6 Å². The molecule has 0 radical (unpaired) electrons. The van der Waals surface area contributed by atoms with Crippen molar-refractivity contribution in [3.8, 4) is 45.3 Å². The molecule has 0 bridgehead atoms. The van der Waals surface area contributed by atoms with Crippen molar-refractivity contribution in [1.29, 1.82) is 0 Å². The third-order valence-electron chi connectivity index (χ3n) is 7.55. The fourth-order valence-corrected chi connectivity index (χ4v) is 5.12. The monoisotopic (exact) mass is 582 g/mol. The Bertz CT molecular complexity index is 1530. The first-order chi connectivity index (χ1) is 21.0. The van der Waals surface area contributed by atoms with Gasteiger partial charge in [-0.25, -0.2) is 0 Å². The first-order valence-electron chi connectivity index (χ1n) is 14.3. The van der Waals surface area contributed by atoms with E-state index in [1.54, 1.807) is 33.5 Å². The smallest absolute Gasteiger partial charge is 0.255 e. The molecule has 1 aliphatic heterocycles. The molecule has 0 atom stereocenters. The van der Waals surface area contributed by atoms with E-state index in [2.05, 4.69) is 17.3 Å². The molecule has 0 aliphatic carbocycles. The number of rotatable bonds is 11. The number of piperidine rings is 1. The van der Waals surface area contributed by atoms with Gasteiger partial charge < -0.3 is 33.9 Å². The van der Waals surface area contributed by atoms with Crippen molar-refractivity contribution in [3.63, 3.8) is 0 Å². The average Bonchev–Trinajstić information content (AvgIpc) is 3.05. The van der Waals surface area contributed by atoms with Crippen LogP contribution in [0, 0.1) is 0 Å². The number of benzene rings is 4. The Morgan fingerprint density at radius 2 is 1.53 bits per heavy atom. The number of carbonyl (C=O) groups is 1. The fourth-order valence-electron chi connectivity index (χ4n) is 5.12. The van der Waals surface area contributed by atoms with Gasteiger partial charge in [-0.3, -0.25) is 4.79 Å². The molecule has 1 N–H and O–H groups in total. The summed E-state index contributed by atoms with van der Waals surface area (Å²) in [5.41, 5.74) is 4.85. The summed E-state index contributed by atoms with van der Waals surface area (Å²) in [4.78, 5) is 15.5. The van der Waals surface area contributed by atoms with Crippen LogP contribution in [-0.2, 0) is 4.74 Å². The highest BCUT2D eigenvalue weighted by Crippen LogP contribution is 2.36. The summed E-state index contributed by atoms with van der Waals surface area (Å²) in [5, 5.41) is 3.00. The van der Waals surface area contributed by atoms with Crippen molar-refractivity contribution < 1.29 is 28.5 Å². The van der Waals surface area contributed by atoms with Crippen molar-refractivity contribution in [2.24, 2.45) is 0 Å². The minimum absolute atomic E-state index is 0.128. The van der Waals surface area contributed by atoms with Crippen LogP contribution in [0.4, 0.5) is 5.69 Å². The quantitative estimate of drug-likeness (QED) is 0.196. The molecule has 224 valence electrons. The minimum Gasteiger partial charge on any atom is -0.497 e. The van der Waals surface area contributed by atoms with Gasteiger partial charge in [0.2, 0.25) is 0 Å². The molecule has 0 saturated carbocycles. The molecule has 1 heterocycles. The zero-order chi connectivity index (χ0) is 30.2. The van der Waals surface area contributed by atoms with Crippen LogP contribution in [0.25, 0.3) is 22.3 Å². The highest BCUT2D eigenvalue weighted by atomic mass is 16.7. The number of anilines is 1. The zero-order valence-corrected chi connectivity index (χ0v) is 25.1. The number of amides is 1. The third-order valence-corrected chi connectivity index (χ3v) is 7.55. The van der Waals surface area contributed by atoms with Crippen LogP contribution in [0.1, 0.15) is 23.2 Å². The molecule has 43 heavy (non-hydrogen) atoms. The lowest BCUT2D eigenvalue weighted by Gasteiger charge is -2.29. The summed E-state index contributed by atoms with van der Waals surface area (Å²) < 4.78 is 28.3. The molecule has 1 saturated heterocycles. The largest absolute Gasteiger partial charge is 0.497 e. The van der Waals surface area contributed by atoms with Crippen molar-refractivity contribution in [2.75, 3.05) is 53.6 Å². The van der Waals surface area contributed by atoms with Crippen molar-refractivity contribution in [2.45, 2.75) is 18.9 Å². The topological polar surface area (TPSA) is 78.5 Å². The normalized spacial score (nSPS) is 13.8. The Morgan fingerprint density at radius 3 is 2.26 bits per heavy atom. The number of ether oxygens (including phenoxy) is 5. The van der Waals surface area contributed by atoms with E-state index >= 15 is 0 Å². The minimum atomic E-state index is -0.217. The van der Waals surface area contributed by atoms with E-state index in [9.17, 15) is 4.79 Å². The lowest BCUT2D eigenvalue weighted by molar-refractivity contribution is 0.0448. The van der Waals surface area contributed by atoms with E-state index in [1.807, 2.05) is 72.8 Å². The number of carbonyl (C=O) groups excluding carboxylic acids is 1. The standard InChI is InChI=1S/C35H38N2O6/c1-37-18-16-29(17-19-37)43-33-15-10-25(22-34(33)42-23-39-2)24-8-12-28(13-9-24)36-35(38)27-11-14-32(41-4)31(21-27)26-6-5-7-30(20-26)40-3/h5-15,20-22,29H,16-19,23H2,1-4H3,(H,36,38). The van der Waals surface area contributed by atoms with E-state index in [0.717, 1.165) is 53.9 Å². The summed E-state index contributed by atoms with van der Waals surface area (Å²) in [5.74, 6) is 2.54. The molecular formula is C35H38N2O6. The summed E-state index contributed by atoms with van der Waals surface area (Å²) in [6, 6.07) is 26.7. The highest BCUT2D eigenvalue weighted by Gasteiger charge is 2.20. The maximum absolute atomic E-state index is 13.2. The lowest BCUT2D eigenvalue weighted by Crippen LogP contribution is -2.35. The van der Waals surface area contributed by atoms with Crippen molar-refractivity contribution in [1.82, 2.24) is 4.90 Å². The van der Waals surface area contributed by atoms with Crippen molar-refractivity contribution in [3.05, 3.63) is 90.5 Å². The van der Waals surface area contributed by atoms with Gasteiger partial charge >= 0.3 is 0 Å². The summed E-state index contributed by atoms with van der Waals surface area (Å²) in [7, 11) is 6.97. The second-order valence-corrected chi connectivity index (χ2v) is 10.5. The van der Waals surface area contributed by atoms with E-state index in [4.69, 9.17) is 23.7 Å². The number of likely N-dealkylation sites (tertiary alicyclic amines) is 1. The maximum atomic E-state index is 13.2. The first kappa shape index (κ1) is 29.9. The summed E-state index contributed by atoms with van der Waals surface area (Å²) >= 11 is 0. The van der Waals surface area contributed by atoms with Crippen LogP contribution >= 0.6 is 0 Å². The molecule has 5 rings (SSSR count). The van der Waals surface area contributed by atoms with E-state index < -0.39 is 0 Å². The van der Waals surface area contributed by atoms with E-state index in [-0.39, 0.29) is 18.8 Å². The van der Waals surface area contributed by atoms with Gasteiger partial charge in [-0.15, -0.1) is 0 Å². The number of hydrogen-bond acceptors (Lipinski definition) is 7. The second kappa shape index (κ2) is 14.1. The molecule has 1 fully saturated rings. The van der Waals surface area contributed by atoms with E-state index in [1.165, 1.54) is 0 Å². The predicted octanol–water partition coefficient (Wildman–Crippen LogP) is 6.75. The van der Waals surface area contributed by atoms with Gasteiger partial charge in [0.25, 0.3) is 5.91 Å². The van der Waals surface area contributed by atoms with Gasteiger partial charge in [-0.2, -0.15) is 0 Å². The second-order valence-electron chi connectivity index (χ2n) is 10.5. The van der Waals surface area contributed by atoms with Gasteiger partial charge in [0.15, 0.2) is 18.3 Å². The zero-order valence-electron chi connectivity index (χ0n) is 25.1. The van der Waals surface area contributed by atoms with Crippen LogP contribution in [-0.4, -0.2) is 65.2 Å². The number of hydrogen-bond donors (Lipinski definition) is 1. The summed E-state index contributed by atoms with van der Waals surface area (Å²) in [6.45, 7) is 2.16.